The lowest BCUT2D eigenvalue weighted by Crippen LogP contribution is -2.04. The number of pyridine rings is 1. The van der Waals surface area contributed by atoms with Crippen LogP contribution in [0.25, 0.3) is 0 Å². The van der Waals surface area contributed by atoms with Crippen molar-refractivity contribution in [2.24, 2.45) is 11.8 Å². The van der Waals surface area contributed by atoms with Gasteiger partial charge < -0.3 is 5.73 Å². The summed E-state index contributed by atoms with van der Waals surface area (Å²) < 4.78 is 0. The zero-order valence-electron chi connectivity index (χ0n) is 11.5. The first-order valence-electron chi connectivity index (χ1n) is 6.75. The molecular weight excluding hydrogens is 208 g/mol. The Morgan fingerprint density at radius 2 is 2.00 bits per heavy atom. The number of hydrogen-bond donors (Lipinski definition) is 1. The summed E-state index contributed by atoms with van der Waals surface area (Å²) in [5, 5.41) is 0. The highest BCUT2D eigenvalue weighted by Crippen LogP contribution is 2.33. The summed E-state index contributed by atoms with van der Waals surface area (Å²) in [7, 11) is 0. The molecule has 0 fully saturated rings. The second-order valence-electron chi connectivity index (χ2n) is 6.13. The van der Waals surface area contributed by atoms with E-state index in [2.05, 4.69) is 33.8 Å². The summed E-state index contributed by atoms with van der Waals surface area (Å²) in [6.07, 6.45) is 3.61. The van der Waals surface area contributed by atoms with Crippen LogP contribution in [0.3, 0.4) is 0 Å². The van der Waals surface area contributed by atoms with Crippen LogP contribution in [-0.4, -0.2) is 4.98 Å². The van der Waals surface area contributed by atoms with E-state index in [-0.39, 0.29) is 0 Å². The van der Waals surface area contributed by atoms with Gasteiger partial charge in [0.15, 0.2) is 0 Å². The lowest BCUT2D eigenvalue weighted by molar-refractivity contribution is 0.424. The highest BCUT2D eigenvalue weighted by atomic mass is 14.8. The quantitative estimate of drug-likeness (QED) is 0.865. The van der Waals surface area contributed by atoms with Gasteiger partial charge in [-0.2, -0.15) is 0 Å². The van der Waals surface area contributed by atoms with E-state index in [4.69, 9.17) is 10.7 Å². The second kappa shape index (κ2) is 4.67. The van der Waals surface area contributed by atoms with Crippen molar-refractivity contribution in [3.05, 3.63) is 23.0 Å². The molecule has 0 bridgehead atoms. The summed E-state index contributed by atoms with van der Waals surface area (Å²) in [5.41, 5.74) is 10.7. The van der Waals surface area contributed by atoms with E-state index in [9.17, 15) is 0 Å². The standard InChI is InChI=1S/C15H24N2/c1-9(2)5-11-6-12-8-13(16)15(10(3)4)17-14(12)7-11/h8-11H,5-7,16H2,1-4H3. The maximum Gasteiger partial charge on any atom is 0.0661 e. The summed E-state index contributed by atoms with van der Waals surface area (Å²) in [6, 6.07) is 2.16. The van der Waals surface area contributed by atoms with Gasteiger partial charge in [0.2, 0.25) is 0 Å². The van der Waals surface area contributed by atoms with Crippen molar-refractivity contribution in [3.63, 3.8) is 0 Å². The maximum atomic E-state index is 6.08. The third-order valence-electron chi connectivity index (χ3n) is 3.59. The molecule has 2 rings (SSSR count). The molecule has 1 atom stereocenters. The molecule has 1 aliphatic carbocycles. The molecule has 1 aromatic heterocycles. The Morgan fingerprint density at radius 1 is 1.29 bits per heavy atom. The summed E-state index contributed by atoms with van der Waals surface area (Å²) in [4.78, 5) is 4.78. The number of rotatable bonds is 3. The van der Waals surface area contributed by atoms with Crippen molar-refractivity contribution < 1.29 is 0 Å². The average Bonchev–Trinajstić information content (AvgIpc) is 2.56. The van der Waals surface area contributed by atoms with Crippen molar-refractivity contribution in [1.29, 1.82) is 0 Å². The first-order valence-corrected chi connectivity index (χ1v) is 6.75. The molecule has 0 radical (unpaired) electrons. The van der Waals surface area contributed by atoms with Gasteiger partial charge in [-0.3, -0.25) is 4.98 Å². The topological polar surface area (TPSA) is 38.9 Å². The molecule has 94 valence electrons. The Kier molecular flexibility index (Phi) is 3.41. The minimum atomic E-state index is 0.421. The lowest BCUT2D eigenvalue weighted by Gasteiger charge is -2.10. The van der Waals surface area contributed by atoms with Crippen molar-refractivity contribution in [3.8, 4) is 0 Å². The molecule has 0 aliphatic heterocycles. The zero-order valence-corrected chi connectivity index (χ0v) is 11.5. The van der Waals surface area contributed by atoms with Crippen LogP contribution in [0.4, 0.5) is 5.69 Å². The Labute approximate surface area is 105 Å². The van der Waals surface area contributed by atoms with Gasteiger partial charge in [0.25, 0.3) is 0 Å². The van der Waals surface area contributed by atoms with Crippen LogP contribution in [0.5, 0.6) is 0 Å². The van der Waals surface area contributed by atoms with Crippen molar-refractivity contribution >= 4 is 5.69 Å². The predicted molar refractivity (Wildman–Crippen MR) is 73.1 cm³/mol. The smallest absolute Gasteiger partial charge is 0.0661 e. The normalized spacial score (nSPS) is 19.1. The minimum Gasteiger partial charge on any atom is -0.397 e. The fourth-order valence-electron chi connectivity index (χ4n) is 2.93. The minimum absolute atomic E-state index is 0.421. The molecule has 2 heteroatoms. The van der Waals surface area contributed by atoms with Crippen LogP contribution >= 0.6 is 0 Å². The van der Waals surface area contributed by atoms with Gasteiger partial charge in [0.1, 0.15) is 0 Å². The lowest BCUT2D eigenvalue weighted by atomic mass is 9.95. The van der Waals surface area contributed by atoms with E-state index in [1.54, 1.807) is 0 Å². The molecule has 1 aromatic rings. The maximum absolute atomic E-state index is 6.08. The summed E-state index contributed by atoms with van der Waals surface area (Å²) in [5.74, 6) is 1.97. The van der Waals surface area contributed by atoms with E-state index in [1.807, 2.05) is 0 Å². The highest BCUT2D eigenvalue weighted by molar-refractivity contribution is 5.49. The number of nitrogens with zero attached hydrogens (tertiary/aromatic N) is 1. The van der Waals surface area contributed by atoms with Crippen LogP contribution < -0.4 is 5.73 Å². The van der Waals surface area contributed by atoms with E-state index in [0.29, 0.717) is 5.92 Å². The van der Waals surface area contributed by atoms with Gasteiger partial charge in [-0.25, -0.2) is 0 Å². The first kappa shape index (κ1) is 12.4. The Morgan fingerprint density at radius 3 is 2.59 bits per heavy atom. The van der Waals surface area contributed by atoms with E-state index in [0.717, 1.165) is 29.6 Å². The van der Waals surface area contributed by atoms with Crippen LogP contribution in [-0.2, 0) is 12.8 Å². The molecule has 2 N–H and O–H groups in total. The van der Waals surface area contributed by atoms with Crippen molar-refractivity contribution in [1.82, 2.24) is 4.98 Å². The molecule has 0 aromatic carbocycles. The van der Waals surface area contributed by atoms with Gasteiger partial charge in [0.05, 0.1) is 11.4 Å². The molecule has 0 spiro atoms. The van der Waals surface area contributed by atoms with Crippen LogP contribution in [0.1, 0.15) is 57.0 Å². The molecular formula is C15H24N2. The van der Waals surface area contributed by atoms with E-state index in [1.165, 1.54) is 24.1 Å². The number of fused-ring (bicyclic) bond motifs is 1. The number of hydrogen-bond acceptors (Lipinski definition) is 2. The fourth-order valence-corrected chi connectivity index (χ4v) is 2.93. The second-order valence-corrected chi connectivity index (χ2v) is 6.13. The van der Waals surface area contributed by atoms with Crippen LogP contribution in [0.2, 0.25) is 0 Å². The van der Waals surface area contributed by atoms with Crippen molar-refractivity contribution in [2.75, 3.05) is 5.73 Å². The summed E-state index contributed by atoms with van der Waals surface area (Å²) >= 11 is 0. The van der Waals surface area contributed by atoms with E-state index < -0.39 is 0 Å². The number of nitrogen functional groups attached to an aromatic ring is 1. The molecule has 0 saturated heterocycles. The zero-order chi connectivity index (χ0) is 12.6. The van der Waals surface area contributed by atoms with E-state index >= 15 is 0 Å². The summed E-state index contributed by atoms with van der Waals surface area (Å²) in [6.45, 7) is 8.91. The molecule has 0 saturated carbocycles. The first-order chi connectivity index (χ1) is 7.97. The average molecular weight is 232 g/mol. The van der Waals surface area contributed by atoms with Crippen LogP contribution in [0, 0.1) is 11.8 Å². The van der Waals surface area contributed by atoms with Gasteiger partial charge >= 0.3 is 0 Å². The predicted octanol–water partition coefficient (Wildman–Crippen LogP) is 3.55. The third kappa shape index (κ3) is 2.62. The molecule has 1 aliphatic rings. The highest BCUT2D eigenvalue weighted by Gasteiger charge is 2.25. The van der Waals surface area contributed by atoms with Gasteiger partial charge in [-0.1, -0.05) is 27.7 Å². The number of anilines is 1. The van der Waals surface area contributed by atoms with Crippen molar-refractivity contribution in [2.45, 2.75) is 52.9 Å². The fraction of sp³-hybridized carbons (Fsp3) is 0.667. The van der Waals surface area contributed by atoms with Gasteiger partial charge in [-0.05, 0) is 48.6 Å². The molecule has 1 unspecified atom stereocenters. The Hall–Kier alpha value is -1.05. The molecule has 17 heavy (non-hydrogen) atoms. The number of aromatic nitrogens is 1. The molecule has 1 heterocycles. The van der Waals surface area contributed by atoms with Crippen LogP contribution in [0.15, 0.2) is 6.07 Å². The Balaban J connectivity index is 2.21. The largest absolute Gasteiger partial charge is 0.397 e. The molecule has 2 nitrogen and oxygen atoms in total. The Bertz CT molecular complexity index is 408. The van der Waals surface area contributed by atoms with Gasteiger partial charge in [-0.15, -0.1) is 0 Å². The third-order valence-corrected chi connectivity index (χ3v) is 3.59. The SMILES string of the molecule is CC(C)CC1Cc2cc(N)c(C(C)C)nc2C1. The number of nitrogens with two attached hydrogens (primary N) is 1. The molecule has 0 amide bonds. The monoisotopic (exact) mass is 232 g/mol. The van der Waals surface area contributed by atoms with Gasteiger partial charge in [0, 0.05) is 5.69 Å².